The summed E-state index contributed by atoms with van der Waals surface area (Å²) in [6.07, 6.45) is 2.22. The molecule has 0 radical (unpaired) electrons. The summed E-state index contributed by atoms with van der Waals surface area (Å²) in [5.74, 6) is 0.157. The molecule has 1 N–H and O–H groups in total. The third kappa shape index (κ3) is 3.23. The average molecular weight is 248 g/mol. The van der Waals surface area contributed by atoms with Crippen LogP contribution in [0.1, 0.15) is 12.8 Å². The Balaban J connectivity index is 1.99. The normalized spacial score (nSPS) is 14.8. The van der Waals surface area contributed by atoms with Gasteiger partial charge in [0.2, 0.25) is 5.91 Å². The Morgan fingerprint density at radius 2 is 1.89 bits per heavy atom. The Bertz CT molecular complexity index is 375. The number of carbonyl (C=O) groups excluding carboxylic acids is 1. The second kappa shape index (κ2) is 6.40. The summed E-state index contributed by atoms with van der Waals surface area (Å²) in [6.45, 7) is 2.65. The van der Waals surface area contributed by atoms with Crippen LogP contribution in [0.2, 0.25) is 0 Å². The standard InChI is InChI=1S/C14H20N2O2/c17-11-10-16(13-6-2-1-3-7-13)12-14(18)15-8-4-5-9-15/h1-3,6-7,17H,4-5,8-12H2. The molecule has 1 saturated heterocycles. The number of nitrogens with zero attached hydrogens (tertiary/aromatic N) is 2. The molecule has 0 saturated carbocycles. The predicted octanol–water partition coefficient (Wildman–Crippen LogP) is 1.11. The van der Waals surface area contributed by atoms with Gasteiger partial charge in [0.1, 0.15) is 0 Å². The lowest BCUT2D eigenvalue weighted by Crippen LogP contribution is -2.40. The monoisotopic (exact) mass is 248 g/mol. The summed E-state index contributed by atoms with van der Waals surface area (Å²) in [5.41, 5.74) is 0.985. The lowest BCUT2D eigenvalue weighted by atomic mass is 10.3. The summed E-state index contributed by atoms with van der Waals surface area (Å²) >= 11 is 0. The van der Waals surface area contributed by atoms with E-state index in [1.54, 1.807) is 0 Å². The van der Waals surface area contributed by atoms with Crippen molar-refractivity contribution in [2.75, 3.05) is 37.7 Å². The van der Waals surface area contributed by atoms with Gasteiger partial charge < -0.3 is 14.9 Å². The van der Waals surface area contributed by atoms with Gasteiger partial charge in [-0.05, 0) is 25.0 Å². The SMILES string of the molecule is O=C(CN(CCO)c1ccccc1)N1CCCC1. The van der Waals surface area contributed by atoms with E-state index in [1.807, 2.05) is 40.1 Å². The molecule has 0 unspecified atom stereocenters. The minimum Gasteiger partial charge on any atom is -0.395 e. The number of para-hydroxylation sites is 1. The summed E-state index contributed by atoms with van der Waals surface area (Å²) in [5, 5.41) is 9.11. The molecule has 1 aromatic carbocycles. The van der Waals surface area contributed by atoms with Gasteiger partial charge in [-0.25, -0.2) is 0 Å². The fourth-order valence-electron chi connectivity index (χ4n) is 2.29. The molecule has 0 spiro atoms. The van der Waals surface area contributed by atoms with Crippen LogP contribution in [0.15, 0.2) is 30.3 Å². The molecule has 0 bridgehead atoms. The lowest BCUT2D eigenvalue weighted by Gasteiger charge is -2.26. The molecule has 98 valence electrons. The Labute approximate surface area is 108 Å². The molecule has 1 aliphatic heterocycles. The van der Waals surface area contributed by atoms with E-state index in [1.165, 1.54) is 0 Å². The molecule has 18 heavy (non-hydrogen) atoms. The Morgan fingerprint density at radius 1 is 1.22 bits per heavy atom. The van der Waals surface area contributed by atoms with E-state index in [0.29, 0.717) is 13.1 Å². The number of aliphatic hydroxyl groups is 1. The topological polar surface area (TPSA) is 43.8 Å². The third-order valence-electron chi connectivity index (χ3n) is 3.28. The number of hydrogen-bond acceptors (Lipinski definition) is 3. The summed E-state index contributed by atoms with van der Waals surface area (Å²) in [6, 6.07) is 9.77. The van der Waals surface area contributed by atoms with E-state index < -0.39 is 0 Å². The quantitative estimate of drug-likeness (QED) is 0.849. The first-order valence-electron chi connectivity index (χ1n) is 6.50. The Hall–Kier alpha value is -1.55. The molecule has 2 rings (SSSR count). The fourth-order valence-corrected chi connectivity index (χ4v) is 2.29. The van der Waals surface area contributed by atoms with E-state index in [2.05, 4.69) is 0 Å². The molecule has 1 amide bonds. The van der Waals surface area contributed by atoms with Crippen LogP contribution in [-0.4, -0.2) is 48.7 Å². The number of carbonyl (C=O) groups is 1. The predicted molar refractivity (Wildman–Crippen MR) is 71.6 cm³/mol. The van der Waals surface area contributed by atoms with Crippen LogP contribution in [0.4, 0.5) is 5.69 Å². The summed E-state index contributed by atoms with van der Waals surface area (Å²) in [7, 11) is 0. The zero-order valence-electron chi connectivity index (χ0n) is 10.6. The highest BCUT2D eigenvalue weighted by Gasteiger charge is 2.20. The number of aliphatic hydroxyl groups excluding tert-OH is 1. The van der Waals surface area contributed by atoms with Gasteiger partial charge in [-0.15, -0.1) is 0 Å². The van der Waals surface area contributed by atoms with Crippen molar-refractivity contribution < 1.29 is 9.90 Å². The molecule has 4 nitrogen and oxygen atoms in total. The average Bonchev–Trinajstić information content (AvgIpc) is 2.93. The highest BCUT2D eigenvalue weighted by Crippen LogP contribution is 2.14. The molecular weight excluding hydrogens is 228 g/mol. The first-order chi connectivity index (χ1) is 8.81. The van der Waals surface area contributed by atoms with Gasteiger partial charge in [-0.3, -0.25) is 4.79 Å². The van der Waals surface area contributed by atoms with E-state index in [4.69, 9.17) is 5.11 Å². The van der Waals surface area contributed by atoms with Crippen LogP contribution in [0, 0.1) is 0 Å². The molecule has 1 heterocycles. The smallest absolute Gasteiger partial charge is 0.242 e. The largest absolute Gasteiger partial charge is 0.395 e. The Morgan fingerprint density at radius 3 is 2.50 bits per heavy atom. The second-order valence-corrected chi connectivity index (χ2v) is 4.57. The Kier molecular flexibility index (Phi) is 4.59. The third-order valence-corrected chi connectivity index (χ3v) is 3.28. The molecule has 1 aliphatic rings. The maximum absolute atomic E-state index is 12.1. The van der Waals surface area contributed by atoms with Gasteiger partial charge in [-0.2, -0.15) is 0 Å². The van der Waals surface area contributed by atoms with E-state index in [-0.39, 0.29) is 12.5 Å². The van der Waals surface area contributed by atoms with Crippen molar-refractivity contribution in [2.24, 2.45) is 0 Å². The summed E-state index contributed by atoms with van der Waals surface area (Å²) < 4.78 is 0. The van der Waals surface area contributed by atoms with Gasteiger partial charge in [0.15, 0.2) is 0 Å². The van der Waals surface area contributed by atoms with E-state index >= 15 is 0 Å². The van der Waals surface area contributed by atoms with Crippen LogP contribution in [0.5, 0.6) is 0 Å². The van der Waals surface area contributed by atoms with Crippen molar-refractivity contribution >= 4 is 11.6 Å². The van der Waals surface area contributed by atoms with Gasteiger partial charge in [-0.1, -0.05) is 18.2 Å². The minimum absolute atomic E-state index is 0.0577. The van der Waals surface area contributed by atoms with Crippen LogP contribution < -0.4 is 4.90 Å². The lowest BCUT2D eigenvalue weighted by molar-refractivity contribution is -0.128. The van der Waals surface area contributed by atoms with Crippen LogP contribution in [0.25, 0.3) is 0 Å². The van der Waals surface area contributed by atoms with Crippen LogP contribution >= 0.6 is 0 Å². The second-order valence-electron chi connectivity index (χ2n) is 4.57. The maximum Gasteiger partial charge on any atom is 0.242 e. The van der Waals surface area contributed by atoms with Gasteiger partial charge in [0.05, 0.1) is 13.2 Å². The number of benzene rings is 1. The zero-order chi connectivity index (χ0) is 12.8. The number of amides is 1. The minimum atomic E-state index is 0.0577. The van der Waals surface area contributed by atoms with Crippen molar-refractivity contribution in [1.29, 1.82) is 0 Å². The molecule has 1 fully saturated rings. The zero-order valence-corrected chi connectivity index (χ0v) is 10.6. The molecule has 4 heteroatoms. The maximum atomic E-state index is 12.1. The van der Waals surface area contributed by atoms with Gasteiger partial charge in [0, 0.05) is 25.3 Å². The van der Waals surface area contributed by atoms with Crippen molar-refractivity contribution in [3.63, 3.8) is 0 Å². The van der Waals surface area contributed by atoms with E-state index in [9.17, 15) is 4.79 Å². The van der Waals surface area contributed by atoms with Crippen LogP contribution in [0.3, 0.4) is 0 Å². The van der Waals surface area contributed by atoms with Gasteiger partial charge >= 0.3 is 0 Å². The first-order valence-corrected chi connectivity index (χ1v) is 6.50. The molecule has 0 atom stereocenters. The number of rotatable bonds is 5. The molecule has 1 aromatic rings. The highest BCUT2D eigenvalue weighted by molar-refractivity contribution is 5.81. The molecule has 0 aliphatic carbocycles. The highest BCUT2D eigenvalue weighted by atomic mass is 16.3. The number of anilines is 1. The van der Waals surface area contributed by atoms with Crippen molar-refractivity contribution in [2.45, 2.75) is 12.8 Å². The molecular formula is C14H20N2O2. The molecule has 0 aromatic heterocycles. The van der Waals surface area contributed by atoms with Crippen LogP contribution in [-0.2, 0) is 4.79 Å². The van der Waals surface area contributed by atoms with Crippen molar-refractivity contribution in [3.05, 3.63) is 30.3 Å². The summed E-state index contributed by atoms with van der Waals surface area (Å²) in [4.78, 5) is 15.9. The van der Waals surface area contributed by atoms with E-state index in [0.717, 1.165) is 31.6 Å². The van der Waals surface area contributed by atoms with Crippen molar-refractivity contribution in [3.8, 4) is 0 Å². The van der Waals surface area contributed by atoms with Crippen molar-refractivity contribution in [1.82, 2.24) is 4.90 Å². The number of hydrogen-bond donors (Lipinski definition) is 1. The number of likely N-dealkylation sites (tertiary alicyclic amines) is 1. The fraction of sp³-hybridized carbons (Fsp3) is 0.500. The first kappa shape index (κ1) is 12.9. The van der Waals surface area contributed by atoms with Gasteiger partial charge in [0.25, 0.3) is 0 Å².